The number of nitrogens with one attached hydrogen (secondary N) is 2. The first-order chi connectivity index (χ1) is 16.3. The monoisotopic (exact) mass is 487 g/mol. The summed E-state index contributed by atoms with van der Waals surface area (Å²) in [6.07, 6.45) is 2.01. The Kier molecular flexibility index (Phi) is 7.09. The largest absolute Gasteiger partial charge is 0.377 e. The Morgan fingerprint density at radius 3 is 2.56 bits per heavy atom. The lowest BCUT2D eigenvalue weighted by molar-refractivity contribution is 0.0985. The molecule has 1 aromatic heterocycles. The molecule has 1 saturated carbocycles. The number of ether oxygens (including phenoxy) is 1. The molecule has 1 atom stereocenters. The van der Waals surface area contributed by atoms with Crippen molar-refractivity contribution in [3.63, 3.8) is 0 Å². The van der Waals surface area contributed by atoms with Gasteiger partial charge < -0.3 is 20.3 Å². The number of carbonyl (C=O) groups excluding carboxylic acids is 1. The molecule has 2 aliphatic rings. The average Bonchev–Trinajstić information content (AvgIpc) is 3.66. The molecule has 10 heteroatoms. The van der Waals surface area contributed by atoms with Gasteiger partial charge in [0.05, 0.1) is 24.9 Å². The van der Waals surface area contributed by atoms with Crippen LogP contribution >= 0.6 is 0 Å². The fourth-order valence-corrected chi connectivity index (χ4v) is 5.94. The highest BCUT2D eigenvalue weighted by molar-refractivity contribution is 7.92. The quantitative estimate of drug-likeness (QED) is 0.587. The molecule has 0 bridgehead atoms. The summed E-state index contributed by atoms with van der Waals surface area (Å²) >= 11 is 0. The van der Waals surface area contributed by atoms with Gasteiger partial charge in [0.1, 0.15) is 10.6 Å². The van der Waals surface area contributed by atoms with Crippen LogP contribution in [0.3, 0.4) is 0 Å². The number of morpholine rings is 1. The minimum Gasteiger partial charge on any atom is -0.377 e. The summed E-state index contributed by atoms with van der Waals surface area (Å²) in [5, 5.41) is 5.58. The molecule has 2 fully saturated rings. The highest BCUT2D eigenvalue weighted by Gasteiger charge is 2.56. The summed E-state index contributed by atoms with van der Waals surface area (Å²) in [6, 6.07) is 8.99. The SMILES string of the molecule is CCCNC(=O)Nc1ccc(-c2nc(N3CCOC[C@@H]3C)cc(C3(S(=O)(=O)CC)CC3)n2)cc1. The highest BCUT2D eigenvalue weighted by atomic mass is 32.2. The number of sulfone groups is 1. The number of anilines is 2. The minimum atomic E-state index is -3.32. The lowest BCUT2D eigenvalue weighted by atomic mass is 10.1. The Morgan fingerprint density at radius 1 is 1.21 bits per heavy atom. The van der Waals surface area contributed by atoms with Crippen LogP contribution in [0.2, 0.25) is 0 Å². The molecule has 184 valence electrons. The maximum Gasteiger partial charge on any atom is 0.319 e. The molecule has 2 aromatic rings. The number of urea groups is 1. The summed E-state index contributed by atoms with van der Waals surface area (Å²) < 4.78 is 30.6. The lowest BCUT2D eigenvalue weighted by Gasteiger charge is -2.34. The Bertz CT molecular complexity index is 1130. The first-order valence-corrected chi connectivity index (χ1v) is 13.6. The van der Waals surface area contributed by atoms with Gasteiger partial charge in [-0.15, -0.1) is 0 Å². The number of rotatable bonds is 8. The van der Waals surface area contributed by atoms with E-state index < -0.39 is 14.6 Å². The van der Waals surface area contributed by atoms with Gasteiger partial charge in [-0.05, 0) is 50.5 Å². The molecule has 1 aliphatic heterocycles. The highest BCUT2D eigenvalue weighted by Crippen LogP contribution is 2.53. The van der Waals surface area contributed by atoms with Gasteiger partial charge in [-0.1, -0.05) is 13.8 Å². The first-order valence-electron chi connectivity index (χ1n) is 11.9. The van der Waals surface area contributed by atoms with Crippen molar-refractivity contribution >= 4 is 27.4 Å². The molecular formula is C24H33N5O4S. The van der Waals surface area contributed by atoms with E-state index in [9.17, 15) is 13.2 Å². The standard InChI is InChI=1S/C24H33N5O4S/c1-4-12-25-23(30)26-19-8-6-18(7-9-19)22-27-20(24(10-11-24)34(31,32)5-2)15-21(28-22)29-13-14-33-16-17(29)3/h6-9,15,17H,4-5,10-14,16H2,1-3H3,(H2,25,26,30)/t17-/m0/s1. The van der Waals surface area contributed by atoms with Crippen LogP contribution in [0.5, 0.6) is 0 Å². The zero-order valence-corrected chi connectivity index (χ0v) is 20.8. The lowest BCUT2D eigenvalue weighted by Crippen LogP contribution is -2.44. The number of nitrogens with zero attached hydrogens (tertiary/aromatic N) is 3. The topological polar surface area (TPSA) is 114 Å². The molecule has 4 rings (SSSR count). The van der Waals surface area contributed by atoms with Crippen molar-refractivity contribution in [3.8, 4) is 11.4 Å². The van der Waals surface area contributed by atoms with E-state index in [4.69, 9.17) is 14.7 Å². The van der Waals surface area contributed by atoms with Crippen molar-refractivity contribution in [3.05, 3.63) is 36.0 Å². The van der Waals surface area contributed by atoms with Crippen molar-refractivity contribution in [2.24, 2.45) is 0 Å². The van der Waals surface area contributed by atoms with Crippen LogP contribution in [0, 0.1) is 0 Å². The van der Waals surface area contributed by atoms with Crippen molar-refractivity contribution in [1.29, 1.82) is 0 Å². The molecule has 1 aromatic carbocycles. The van der Waals surface area contributed by atoms with Crippen molar-refractivity contribution < 1.29 is 17.9 Å². The fourth-order valence-electron chi connectivity index (χ4n) is 4.24. The normalized spacial score (nSPS) is 19.5. The molecule has 34 heavy (non-hydrogen) atoms. The van der Waals surface area contributed by atoms with E-state index in [-0.39, 0.29) is 17.8 Å². The van der Waals surface area contributed by atoms with Gasteiger partial charge in [0.2, 0.25) is 0 Å². The third-order valence-corrected chi connectivity index (χ3v) is 9.03. The molecule has 2 N–H and O–H groups in total. The Hall–Kier alpha value is -2.72. The Labute approximate surface area is 201 Å². The average molecular weight is 488 g/mol. The summed E-state index contributed by atoms with van der Waals surface area (Å²) in [4.78, 5) is 23.7. The summed E-state index contributed by atoms with van der Waals surface area (Å²) in [5.74, 6) is 1.27. The van der Waals surface area contributed by atoms with Crippen LogP contribution < -0.4 is 15.5 Å². The summed E-state index contributed by atoms with van der Waals surface area (Å²) in [5.41, 5.74) is 1.98. The molecule has 0 spiro atoms. The molecule has 1 aliphatic carbocycles. The number of amides is 2. The van der Waals surface area contributed by atoms with Gasteiger partial charge in [0.25, 0.3) is 0 Å². The van der Waals surface area contributed by atoms with Crippen molar-refractivity contribution in [2.75, 3.05) is 42.3 Å². The zero-order chi connectivity index (χ0) is 24.3. The van der Waals surface area contributed by atoms with E-state index in [1.165, 1.54) is 0 Å². The smallest absolute Gasteiger partial charge is 0.319 e. The zero-order valence-electron chi connectivity index (χ0n) is 20.0. The third kappa shape index (κ3) is 4.88. The minimum absolute atomic E-state index is 0.0795. The Balaban J connectivity index is 1.69. The molecule has 0 unspecified atom stereocenters. The van der Waals surface area contributed by atoms with Crippen LogP contribution in [0.4, 0.5) is 16.3 Å². The third-order valence-electron chi connectivity index (χ3n) is 6.46. The molecule has 1 saturated heterocycles. The van der Waals surface area contributed by atoms with E-state index in [1.54, 1.807) is 19.1 Å². The van der Waals surface area contributed by atoms with Crippen LogP contribution in [0.1, 0.15) is 45.7 Å². The summed E-state index contributed by atoms with van der Waals surface area (Å²) in [7, 11) is -3.32. The van der Waals surface area contributed by atoms with Crippen molar-refractivity contribution in [1.82, 2.24) is 15.3 Å². The predicted molar refractivity (Wildman–Crippen MR) is 133 cm³/mol. The maximum absolute atomic E-state index is 13.0. The van der Waals surface area contributed by atoms with E-state index in [2.05, 4.69) is 22.5 Å². The maximum atomic E-state index is 13.0. The number of hydrogen-bond donors (Lipinski definition) is 2. The van der Waals surface area contributed by atoms with Gasteiger partial charge in [-0.25, -0.2) is 23.2 Å². The predicted octanol–water partition coefficient (Wildman–Crippen LogP) is 3.32. The molecular weight excluding hydrogens is 454 g/mol. The van der Waals surface area contributed by atoms with Crippen LogP contribution in [0.25, 0.3) is 11.4 Å². The van der Waals surface area contributed by atoms with Gasteiger partial charge in [-0.3, -0.25) is 0 Å². The van der Waals surface area contributed by atoms with Gasteiger partial charge in [-0.2, -0.15) is 0 Å². The molecule has 2 heterocycles. The fraction of sp³-hybridized carbons (Fsp3) is 0.542. The van der Waals surface area contributed by atoms with E-state index in [0.717, 1.165) is 17.8 Å². The number of hydrogen-bond acceptors (Lipinski definition) is 7. The van der Waals surface area contributed by atoms with E-state index >= 15 is 0 Å². The second-order valence-electron chi connectivity index (χ2n) is 8.91. The first kappa shape index (κ1) is 24.4. The van der Waals surface area contributed by atoms with Gasteiger partial charge in [0.15, 0.2) is 15.7 Å². The molecule has 2 amide bonds. The summed E-state index contributed by atoms with van der Waals surface area (Å²) in [6.45, 7) is 8.22. The number of aromatic nitrogens is 2. The Morgan fingerprint density at radius 2 is 1.94 bits per heavy atom. The van der Waals surface area contributed by atoms with Gasteiger partial charge in [0, 0.05) is 36.2 Å². The van der Waals surface area contributed by atoms with Crippen LogP contribution in [-0.2, 0) is 19.3 Å². The van der Waals surface area contributed by atoms with Crippen LogP contribution in [0.15, 0.2) is 30.3 Å². The molecule has 0 radical (unpaired) electrons. The molecule has 9 nitrogen and oxygen atoms in total. The second-order valence-corrected chi connectivity index (χ2v) is 11.5. The van der Waals surface area contributed by atoms with Crippen LogP contribution in [-0.4, -0.2) is 62.5 Å². The number of carbonyl (C=O) groups is 1. The van der Waals surface area contributed by atoms with Gasteiger partial charge >= 0.3 is 6.03 Å². The van der Waals surface area contributed by atoms with E-state index in [0.29, 0.717) is 56.4 Å². The number of benzene rings is 1. The second kappa shape index (κ2) is 9.87. The van der Waals surface area contributed by atoms with E-state index in [1.807, 2.05) is 25.1 Å². The van der Waals surface area contributed by atoms with Crippen molar-refractivity contribution in [2.45, 2.75) is 50.8 Å².